The molecule has 0 aliphatic rings. The number of benzene rings is 2. The van der Waals surface area contributed by atoms with Gasteiger partial charge in [0.15, 0.2) is 18.1 Å². The highest BCUT2D eigenvalue weighted by molar-refractivity contribution is 5.95. The molecule has 2 amide bonds. The zero-order chi connectivity index (χ0) is 19.1. The van der Waals surface area contributed by atoms with Crippen molar-refractivity contribution in [2.45, 2.75) is 26.3 Å². The lowest BCUT2D eigenvalue weighted by Gasteiger charge is -2.18. The van der Waals surface area contributed by atoms with E-state index in [0.717, 1.165) is 12.0 Å². The van der Waals surface area contributed by atoms with Gasteiger partial charge in [-0.05, 0) is 37.1 Å². The topological polar surface area (TPSA) is 90.6 Å². The van der Waals surface area contributed by atoms with Gasteiger partial charge in [-0.1, -0.05) is 36.8 Å². The summed E-state index contributed by atoms with van der Waals surface area (Å²) in [6.45, 7) is 3.79. The summed E-state index contributed by atoms with van der Waals surface area (Å²) in [5, 5.41) is 3.03. The number of carbonyl (C=O) groups excluding carboxylic acids is 2. The van der Waals surface area contributed by atoms with Crippen LogP contribution in [0.2, 0.25) is 0 Å². The first-order valence-corrected chi connectivity index (χ1v) is 8.41. The average molecular weight is 356 g/mol. The molecule has 0 spiro atoms. The molecule has 0 bridgehead atoms. The van der Waals surface area contributed by atoms with Crippen molar-refractivity contribution in [1.29, 1.82) is 0 Å². The highest BCUT2D eigenvalue weighted by atomic mass is 16.5. The SMILES string of the molecule is CCC(NC(=O)c1ccc(OCC(N)=O)c(OC)c1)c1ccc(C)cc1. The van der Waals surface area contributed by atoms with E-state index < -0.39 is 5.91 Å². The number of hydrogen-bond donors (Lipinski definition) is 2. The molecule has 1 atom stereocenters. The van der Waals surface area contributed by atoms with Crippen molar-refractivity contribution in [3.63, 3.8) is 0 Å². The lowest BCUT2D eigenvalue weighted by Crippen LogP contribution is -2.28. The second kappa shape index (κ2) is 8.89. The van der Waals surface area contributed by atoms with Crippen LogP contribution < -0.4 is 20.5 Å². The molecule has 0 radical (unpaired) electrons. The van der Waals surface area contributed by atoms with Crippen LogP contribution in [0.1, 0.15) is 40.9 Å². The van der Waals surface area contributed by atoms with Crippen LogP contribution in [0.5, 0.6) is 11.5 Å². The molecule has 0 aliphatic heterocycles. The van der Waals surface area contributed by atoms with Gasteiger partial charge in [-0.3, -0.25) is 9.59 Å². The minimum atomic E-state index is -0.585. The third-order valence-electron chi connectivity index (χ3n) is 3.99. The molecule has 6 heteroatoms. The Bertz CT molecular complexity index is 772. The van der Waals surface area contributed by atoms with Crippen molar-refractivity contribution < 1.29 is 19.1 Å². The Balaban J connectivity index is 2.14. The van der Waals surface area contributed by atoms with E-state index in [1.54, 1.807) is 18.2 Å². The molecular formula is C20H24N2O4. The fourth-order valence-electron chi connectivity index (χ4n) is 2.54. The van der Waals surface area contributed by atoms with Gasteiger partial charge in [0, 0.05) is 5.56 Å². The second-order valence-electron chi connectivity index (χ2n) is 5.97. The van der Waals surface area contributed by atoms with Gasteiger partial charge in [0.1, 0.15) is 0 Å². The van der Waals surface area contributed by atoms with Crippen LogP contribution in [0.15, 0.2) is 42.5 Å². The van der Waals surface area contributed by atoms with Crippen molar-refractivity contribution in [1.82, 2.24) is 5.32 Å². The molecule has 2 aromatic rings. The Hall–Kier alpha value is -3.02. The van der Waals surface area contributed by atoms with Crippen LogP contribution in [0.3, 0.4) is 0 Å². The Kier molecular flexibility index (Phi) is 6.60. The smallest absolute Gasteiger partial charge is 0.255 e. The van der Waals surface area contributed by atoms with Crippen LogP contribution in [0, 0.1) is 6.92 Å². The van der Waals surface area contributed by atoms with E-state index in [1.807, 2.05) is 38.1 Å². The maximum Gasteiger partial charge on any atom is 0.255 e. The summed E-state index contributed by atoms with van der Waals surface area (Å²) in [5.74, 6) is -0.0781. The molecule has 3 N–H and O–H groups in total. The largest absolute Gasteiger partial charge is 0.493 e. The van der Waals surface area contributed by atoms with Gasteiger partial charge in [0.2, 0.25) is 0 Å². The zero-order valence-electron chi connectivity index (χ0n) is 15.2. The van der Waals surface area contributed by atoms with Gasteiger partial charge in [0.25, 0.3) is 11.8 Å². The molecule has 0 saturated carbocycles. The Morgan fingerprint density at radius 1 is 1.12 bits per heavy atom. The summed E-state index contributed by atoms with van der Waals surface area (Å²) in [7, 11) is 1.47. The van der Waals surface area contributed by atoms with E-state index in [1.165, 1.54) is 12.7 Å². The van der Waals surface area contributed by atoms with Crippen molar-refractivity contribution in [2.75, 3.05) is 13.7 Å². The third-order valence-corrected chi connectivity index (χ3v) is 3.99. The summed E-state index contributed by atoms with van der Waals surface area (Å²) >= 11 is 0. The lowest BCUT2D eigenvalue weighted by atomic mass is 10.0. The number of hydrogen-bond acceptors (Lipinski definition) is 4. The first kappa shape index (κ1) is 19.3. The predicted molar refractivity (Wildman–Crippen MR) is 99.4 cm³/mol. The molecule has 2 rings (SSSR count). The van der Waals surface area contributed by atoms with E-state index in [-0.39, 0.29) is 18.6 Å². The monoisotopic (exact) mass is 356 g/mol. The van der Waals surface area contributed by atoms with Crippen LogP contribution in [0.25, 0.3) is 0 Å². The van der Waals surface area contributed by atoms with E-state index in [4.69, 9.17) is 15.2 Å². The van der Waals surface area contributed by atoms with E-state index in [9.17, 15) is 9.59 Å². The molecule has 6 nitrogen and oxygen atoms in total. The van der Waals surface area contributed by atoms with Gasteiger partial charge in [-0.25, -0.2) is 0 Å². The quantitative estimate of drug-likeness (QED) is 0.761. The fourth-order valence-corrected chi connectivity index (χ4v) is 2.54. The minimum absolute atomic E-state index is 0.0834. The average Bonchev–Trinajstić information content (AvgIpc) is 2.64. The number of ether oxygens (including phenoxy) is 2. The lowest BCUT2D eigenvalue weighted by molar-refractivity contribution is -0.119. The summed E-state index contributed by atoms with van der Waals surface area (Å²) in [6, 6.07) is 12.8. The van der Waals surface area contributed by atoms with Gasteiger partial charge in [0.05, 0.1) is 13.2 Å². The number of aryl methyl sites for hydroxylation is 1. The van der Waals surface area contributed by atoms with Gasteiger partial charge in [-0.2, -0.15) is 0 Å². The summed E-state index contributed by atoms with van der Waals surface area (Å²) in [5.41, 5.74) is 7.75. The number of amides is 2. The number of carbonyl (C=O) groups is 2. The molecule has 0 heterocycles. The Morgan fingerprint density at radius 2 is 1.81 bits per heavy atom. The van der Waals surface area contributed by atoms with Crippen molar-refractivity contribution in [3.8, 4) is 11.5 Å². The van der Waals surface area contributed by atoms with Gasteiger partial charge in [-0.15, -0.1) is 0 Å². The molecule has 0 saturated heterocycles. The molecule has 0 aliphatic carbocycles. The second-order valence-corrected chi connectivity index (χ2v) is 5.97. The molecule has 2 aromatic carbocycles. The molecular weight excluding hydrogens is 332 g/mol. The van der Waals surface area contributed by atoms with Crippen molar-refractivity contribution in [2.24, 2.45) is 5.73 Å². The fraction of sp³-hybridized carbons (Fsp3) is 0.300. The number of rotatable bonds is 8. The number of methoxy groups -OCH3 is 1. The minimum Gasteiger partial charge on any atom is -0.493 e. The highest BCUT2D eigenvalue weighted by Crippen LogP contribution is 2.28. The summed E-state index contributed by atoms with van der Waals surface area (Å²) < 4.78 is 10.5. The molecule has 0 aromatic heterocycles. The van der Waals surface area contributed by atoms with Crippen LogP contribution in [-0.2, 0) is 4.79 Å². The number of nitrogens with one attached hydrogen (secondary N) is 1. The normalized spacial score (nSPS) is 11.5. The molecule has 0 fully saturated rings. The number of primary amides is 1. The molecule has 1 unspecified atom stereocenters. The van der Waals surface area contributed by atoms with Crippen LogP contribution >= 0.6 is 0 Å². The first-order chi connectivity index (χ1) is 12.4. The van der Waals surface area contributed by atoms with Crippen molar-refractivity contribution in [3.05, 3.63) is 59.2 Å². The third kappa shape index (κ3) is 4.99. The highest BCUT2D eigenvalue weighted by Gasteiger charge is 2.16. The van der Waals surface area contributed by atoms with E-state index in [0.29, 0.717) is 17.1 Å². The maximum atomic E-state index is 12.6. The Labute approximate surface area is 153 Å². The Morgan fingerprint density at radius 3 is 2.38 bits per heavy atom. The summed E-state index contributed by atoms with van der Waals surface area (Å²) in [6.07, 6.45) is 0.770. The van der Waals surface area contributed by atoms with Gasteiger partial charge < -0.3 is 20.5 Å². The van der Waals surface area contributed by atoms with Crippen molar-refractivity contribution >= 4 is 11.8 Å². The van der Waals surface area contributed by atoms with E-state index >= 15 is 0 Å². The van der Waals surface area contributed by atoms with Crippen LogP contribution in [0.4, 0.5) is 0 Å². The van der Waals surface area contributed by atoms with Gasteiger partial charge >= 0.3 is 0 Å². The predicted octanol–water partition coefficient (Wildman–Crippen LogP) is 2.75. The first-order valence-electron chi connectivity index (χ1n) is 8.41. The summed E-state index contributed by atoms with van der Waals surface area (Å²) in [4.78, 5) is 23.5. The standard InChI is InChI=1S/C20H24N2O4/c1-4-16(14-7-5-13(2)6-8-14)22-20(24)15-9-10-17(18(11-15)25-3)26-12-19(21)23/h5-11,16H,4,12H2,1-3H3,(H2,21,23)(H,22,24). The van der Waals surface area contributed by atoms with E-state index in [2.05, 4.69) is 5.32 Å². The van der Waals surface area contributed by atoms with Crippen LogP contribution in [-0.4, -0.2) is 25.5 Å². The number of nitrogens with two attached hydrogens (primary N) is 1. The molecule has 26 heavy (non-hydrogen) atoms. The zero-order valence-corrected chi connectivity index (χ0v) is 15.2. The maximum absolute atomic E-state index is 12.6. The molecule has 138 valence electrons.